The molecule has 2 atom stereocenters. The quantitative estimate of drug-likeness (QED) is 0.374. The van der Waals surface area contributed by atoms with Gasteiger partial charge in [-0.15, -0.1) is 11.3 Å². The van der Waals surface area contributed by atoms with Crippen molar-refractivity contribution in [1.29, 1.82) is 0 Å². The molecule has 220 valence electrons. The highest BCUT2D eigenvalue weighted by Gasteiger charge is 2.30. The maximum atomic E-state index is 12.4. The molecule has 2 unspecified atom stereocenters. The van der Waals surface area contributed by atoms with E-state index in [2.05, 4.69) is 40.3 Å². The van der Waals surface area contributed by atoms with Gasteiger partial charge in [-0.1, -0.05) is 0 Å². The number of H-pyrrole nitrogens is 1. The summed E-state index contributed by atoms with van der Waals surface area (Å²) in [5.74, 6) is 5.07. The minimum atomic E-state index is -3.19. The molecule has 8 nitrogen and oxygen atoms in total. The molecule has 2 saturated heterocycles. The minimum absolute atomic E-state index is 0.116. The van der Waals surface area contributed by atoms with Crippen molar-refractivity contribution in [3.8, 4) is 11.1 Å². The van der Waals surface area contributed by atoms with Gasteiger partial charge in [-0.25, -0.2) is 12.7 Å². The first-order valence-corrected chi connectivity index (χ1v) is 17.9. The molecular weight excluding hydrogens is 572 g/mol. The van der Waals surface area contributed by atoms with Crippen molar-refractivity contribution in [3.05, 3.63) is 45.8 Å². The van der Waals surface area contributed by atoms with E-state index in [4.69, 9.17) is 5.73 Å². The van der Waals surface area contributed by atoms with E-state index in [0.717, 1.165) is 53.4 Å². The number of sulfonamides is 1. The largest absolute Gasteiger partial charge is 0.366 e. The van der Waals surface area contributed by atoms with Gasteiger partial charge in [0.15, 0.2) is 0 Å². The van der Waals surface area contributed by atoms with E-state index < -0.39 is 25.5 Å². The van der Waals surface area contributed by atoms with Crippen LogP contribution in [-0.4, -0.2) is 89.2 Å². The van der Waals surface area contributed by atoms with Crippen LogP contribution in [0.25, 0.3) is 22.0 Å². The average Bonchev–Trinajstić information content (AvgIpc) is 3.67. The van der Waals surface area contributed by atoms with Crippen LogP contribution in [0.1, 0.15) is 52.9 Å². The Bertz CT molecular complexity index is 1570. The van der Waals surface area contributed by atoms with E-state index in [1.807, 2.05) is 12.3 Å². The van der Waals surface area contributed by atoms with Crippen molar-refractivity contribution in [3.63, 3.8) is 0 Å². The van der Waals surface area contributed by atoms with Crippen LogP contribution in [0.2, 0.25) is 0 Å². The number of thiophene rings is 1. The molecule has 0 saturated carbocycles. The van der Waals surface area contributed by atoms with Crippen LogP contribution in [0.4, 0.5) is 4.39 Å². The molecule has 2 aliphatic heterocycles. The molecule has 3 N–H and O–H groups in total. The van der Waals surface area contributed by atoms with Crippen LogP contribution >= 0.6 is 11.3 Å². The van der Waals surface area contributed by atoms with Gasteiger partial charge < -0.3 is 10.7 Å². The summed E-state index contributed by atoms with van der Waals surface area (Å²) in [7, 11) is -2.56. The number of nitrogens with zero attached hydrogens (tertiary/aromatic N) is 2. The number of halogens is 1. The highest BCUT2D eigenvalue weighted by Crippen LogP contribution is 2.38. The summed E-state index contributed by atoms with van der Waals surface area (Å²) in [5, 5.41) is 3.07. The third-order valence-corrected chi connectivity index (χ3v) is 12.8. The zero-order chi connectivity index (χ0) is 29.2. The van der Waals surface area contributed by atoms with Crippen LogP contribution < -0.4 is 5.73 Å². The number of nitrogens with one attached hydrogen (secondary N) is 1. The molecule has 0 radical (unpaired) electrons. The first kappa shape index (κ1) is 30.7. The van der Waals surface area contributed by atoms with Crippen molar-refractivity contribution >= 4 is 53.6 Å². The molecule has 2 aliphatic rings. The van der Waals surface area contributed by atoms with E-state index >= 15 is 0 Å². The number of primary amides is 1. The molecule has 0 spiro atoms. The third kappa shape index (κ3) is 6.46. The molecule has 2 aromatic heterocycles. The number of hydrogen-bond acceptors (Lipinski definition) is 6. The Balaban J connectivity index is 0.00000181. The lowest BCUT2D eigenvalue weighted by atomic mass is 9.88. The van der Waals surface area contributed by atoms with Crippen LogP contribution in [0.5, 0.6) is 0 Å². The SMILES string of the molecule is C=S1(=O)CCC(N(C)Cc2cc(-c3cc(C(N)=O)c4[nH]cc(C5CCN(S(=O)(=O)CC)CC5)c4c3)cs2)C1.CF. The maximum Gasteiger partial charge on any atom is 0.250 e. The fourth-order valence-corrected chi connectivity index (χ4v) is 9.86. The number of hydrogen-bond donors (Lipinski definition) is 2. The van der Waals surface area contributed by atoms with E-state index in [9.17, 15) is 21.8 Å². The van der Waals surface area contributed by atoms with E-state index in [0.29, 0.717) is 37.3 Å². The standard InChI is InChI=1S/C27H36N4O4S3.CH3F/c1-4-38(34,35)31-8-5-18(6-9-31)25-14-29-26-23(25)12-19(13-24(26)27(28)32)20-11-22(36-16-20)15-30(2)21-7-10-37(3,33)17-21;1-2/h11-14,16,18,21,29H,3-10,15,17H2,1-2H3,(H2,28,32);1H3. The summed E-state index contributed by atoms with van der Waals surface area (Å²) in [5.41, 5.74) is 10.0. The molecule has 1 aromatic carbocycles. The second-order valence-electron chi connectivity index (χ2n) is 10.6. The van der Waals surface area contributed by atoms with Crippen LogP contribution in [0.3, 0.4) is 0 Å². The fraction of sp³-hybridized carbons (Fsp3) is 0.500. The molecule has 2 fully saturated rings. The molecule has 0 bridgehead atoms. The Morgan fingerprint density at radius 3 is 2.52 bits per heavy atom. The summed E-state index contributed by atoms with van der Waals surface area (Å²) in [4.78, 5) is 19.2. The zero-order valence-corrected chi connectivity index (χ0v) is 25.8. The number of aromatic nitrogens is 1. The summed E-state index contributed by atoms with van der Waals surface area (Å²) in [6, 6.07) is 6.41. The normalized spacial score (nSPS) is 22.5. The van der Waals surface area contributed by atoms with Gasteiger partial charge in [-0.05, 0) is 94.8 Å². The lowest BCUT2D eigenvalue weighted by molar-refractivity contribution is 0.100. The molecule has 5 rings (SSSR count). The van der Waals surface area contributed by atoms with Gasteiger partial charge in [0.2, 0.25) is 10.0 Å². The van der Waals surface area contributed by atoms with Crippen molar-refractivity contribution in [1.82, 2.24) is 14.2 Å². The van der Waals surface area contributed by atoms with Gasteiger partial charge in [-0.2, -0.15) is 0 Å². The number of nitrogens with two attached hydrogens (primary N) is 1. The number of rotatable bonds is 8. The Hall–Kier alpha value is -2.25. The van der Waals surface area contributed by atoms with Gasteiger partial charge in [0.05, 0.1) is 24.0 Å². The average molecular weight is 611 g/mol. The van der Waals surface area contributed by atoms with E-state index in [-0.39, 0.29) is 17.7 Å². The first-order chi connectivity index (χ1) is 19.0. The zero-order valence-electron chi connectivity index (χ0n) is 23.3. The van der Waals surface area contributed by atoms with Gasteiger partial charge in [-0.3, -0.25) is 18.3 Å². The Morgan fingerprint density at radius 2 is 1.93 bits per heavy atom. The molecular formula is C28H39FN4O4S3. The van der Waals surface area contributed by atoms with Gasteiger partial charge in [0.1, 0.15) is 0 Å². The number of carbonyl (C=O) groups excluding carboxylic acids is 1. The second-order valence-corrected chi connectivity index (χ2v) is 16.6. The lowest BCUT2D eigenvalue weighted by Gasteiger charge is -2.31. The number of alkyl halides is 1. The topological polar surface area (TPSA) is 117 Å². The highest BCUT2D eigenvalue weighted by atomic mass is 32.2. The van der Waals surface area contributed by atoms with E-state index in [1.54, 1.807) is 22.6 Å². The Labute approximate surface area is 240 Å². The van der Waals surface area contributed by atoms with Crippen LogP contribution in [-0.2, 0) is 26.1 Å². The number of fused-ring (bicyclic) bond motifs is 1. The summed E-state index contributed by atoms with van der Waals surface area (Å²) in [6.45, 7) is 3.45. The Kier molecular flexibility index (Phi) is 9.45. The number of amides is 1. The van der Waals surface area contributed by atoms with Gasteiger partial charge in [0, 0.05) is 53.6 Å². The second kappa shape index (κ2) is 12.3. The van der Waals surface area contributed by atoms with Crippen molar-refractivity contribution < 1.29 is 21.8 Å². The molecule has 3 aromatic rings. The predicted molar refractivity (Wildman–Crippen MR) is 165 cm³/mol. The number of benzene rings is 1. The van der Waals surface area contributed by atoms with Crippen molar-refractivity contribution in [2.75, 3.05) is 44.6 Å². The van der Waals surface area contributed by atoms with Crippen LogP contribution in [0, 0.1) is 0 Å². The number of carbonyl (C=O) groups is 1. The molecule has 4 heterocycles. The number of piperidine rings is 1. The fourth-order valence-electron chi connectivity index (χ4n) is 5.78. The molecule has 1 amide bonds. The highest BCUT2D eigenvalue weighted by molar-refractivity contribution is 8.00. The summed E-state index contributed by atoms with van der Waals surface area (Å²) in [6.07, 6.45) is 4.33. The summed E-state index contributed by atoms with van der Waals surface area (Å²) >= 11 is 1.67. The molecule has 12 heteroatoms. The van der Waals surface area contributed by atoms with Gasteiger partial charge in [0.25, 0.3) is 5.91 Å². The number of aromatic amines is 1. The van der Waals surface area contributed by atoms with Gasteiger partial charge >= 0.3 is 0 Å². The Morgan fingerprint density at radius 1 is 1.23 bits per heavy atom. The lowest BCUT2D eigenvalue weighted by Crippen LogP contribution is -2.38. The van der Waals surface area contributed by atoms with Crippen molar-refractivity contribution in [2.45, 2.75) is 44.7 Å². The minimum Gasteiger partial charge on any atom is -0.366 e. The third-order valence-electron chi connectivity index (χ3n) is 8.07. The maximum absolute atomic E-state index is 12.4. The predicted octanol–water partition coefficient (Wildman–Crippen LogP) is 4.03. The van der Waals surface area contributed by atoms with E-state index in [1.165, 1.54) is 4.88 Å². The molecule has 40 heavy (non-hydrogen) atoms. The molecule has 0 aliphatic carbocycles. The van der Waals surface area contributed by atoms with Crippen LogP contribution in [0.15, 0.2) is 29.8 Å². The summed E-state index contributed by atoms with van der Waals surface area (Å²) < 4.78 is 48.0. The first-order valence-electron chi connectivity index (χ1n) is 13.4. The monoisotopic (exact) mass is 610 g/mol. The smallest absolute Gasteiger partial charge is 0.250 e. The van der Waals surface area contributed by atoms with Crippen molar-refractivity contribution in [2.24, 2.45) is 5.73 Å².